The number of carbonyl (C=O) groups excluding carboxylic acids is 2. The zero-order valence-corrected chi connectivity index (χ0v) is 17.7. The number of hydrogen-bond donors (Lipinski definition) is 0. The molecule has 2 heteroatoms. The second-order valence-electron chi connectivity index (χ2n) is 10.5. The highest BCUT2D eigenvalue weighted by molar-refractivity contribution is 5.92. The zero-order chi connectivity index (χ0) is 19.2. The minimum absolute atomic E-state index is 0.0418. The summed E-state index contributed by atoms with van der Waals surface area (Å²) in [6.07, 6.45) is 15.7. The summed E-state index contributed by atoms with van der Waals surface area (Å²) in [5, 5.41) is 0. The molecule has 0 heterocycles. The van der Waals surface area contributed by atoms with E-state index in [1.807, 2.05) is 6.08 Å². The molecule has 0 N–H and O–H groups in total. The average molecular weight is 371 g/mol. The molecular formula is C25H38O2. The maximum absolute atomic E-state index is 12.6. The Morgan fingerprint density at radius 1 is 1.00 bits per heavy atom. The van der Waals surface area contributed by atoms with E-state index in [9.17, 15) is 9.59 Å². The van der Waals surface area contributed by atoms with Gasteiger partial charge in [-0.1, -0.05) is 52.0 Å². The van der Waals surface area contributed by atoms with Crippen molar-refractivity contribution in [3.8, 4) is 0 Å². The Bertz CT molecular complexity index is 647. The Morgan fingerprint density at radius 3 is 2.59 bits per heavy atom. The number of allylic oxidation sites excluding steroid dienone is 1. The van der Waals surface area contributed by atoms with E-state index < -0.39 is 0 Å². The van der Waals surface area contributed by atoms with Gasteiger partial charge in [-0.15, -0.1) is 0 Å². The maximum atomic E-state index is 12.6. The molecular weight excluding hydrogens is 332 g/mol. The van der Waals surface area contributed by atoms with E-state index in [2.05, 4.69) is 20.8 Å². The molecule has 0 bridgehead atoms. The molecule has 4 aliphatic carbocycles. The molecule has 4 rings (SSSR count). The van der Waals surface area contributed by atoms with Crippen LogP contribution in [0.25, 0.3) is 0 Å². The largest absolute Gasteiger partial charge is 0.299 e. The fraction of sp³-hybridized carbons (Fsp3) is 0.840. The van der Waals surface area contributed by atoms with Gasteiger partial charge in [-0.25, -0.2) is 0 Å². The van der Waals surface area contributed by atoms with E-state index in [4.69, 9.17) is 0 Å². The van der Waals surface area contributed by atoms with Gasteiger partial charge in [-0.3, -0.25) is 9.59 Å². The molecule has 0 aromatic rings. The van der Waals surface area contributed by atoms with Crippen molar-refractivity contribution >= 4 is 11.6 Å². The van der Waals surface area contributed by atoms with Crippen LogP contribution in [0, 0.1) is 34.5 Å². The van der Waals surface area contributed by atoms with Crippen LogP contribution in [0.15, 0.2) is 11.6 Å². The Balaban J connectivity index is 1.61. The van der Waals surface area contributed by atoms with Crippen LogP contribution < -0.4 is 0 Å². The van der Waals surface area contributed by atoms with E-state index in [1.165, 1.54) is 50.5 Å². The summed E-state index contributed by atoms with van der Waals surface area (Å²) in [4.78, 5) is 25.1. The number of Topliss-reactive ketones (excluding diaryl/α,β-unsaturated/α-hetero) is 1. The fourth-order valence-electron chi connectivity index (χ4n) is 7.76. The number of unbranched alkanes of at least 4 members (excludes halogenated alkanes) is 3. The van der Waals surface area contributed by atoms with Crippen molar-refractivity contribution in [2.45, 2.75) is 97.8 Å². The number of hydrogen-bond acceptors (Lipinski definition) is 2. The lowest BCUT2D eigenvalue weighted by Crippen LogP contribution is -2.53. The maximum Gasteiger partial charge on any atom is 0.155 e. The molecule has 27 heavy (non-hydrogen) atoms. The molecule has 6 atom stereocenters. The van der Waals surface area contributed by atoms with E-state index in [0.29, 0.717) is 35.2 Å². The molecule has 0 aromatic carbocycles. The number of fused-ring (bicyclic) bond motifs is 5. The number of rotatable bonds is 5. The number of ketones is 2. The van der Waals surface area contributed by atoms with Gasteiger partial charge in [0, 0.05) is 18.3 Å². The van der Waals surface area contributed by atoms with E-state index in [0.717, 1.165) is 32.1 Å². The second-order valence-corrected chi connectivity index (χ2v) is 10.5. The van der Waals surface area contributed by atoms with Crippen molar-refractivity contribution in [1.82, 2.24) is 0 Å². The van der Waals surface area contributed by atoms with Gasteiger partial charge in [0.1, 0.15) is 5.78 Å². The van der Waals surface area contributed by atoms with E-state index in [1.54, 1.807) is 0 Å². The SMILES string of the molecule is CCCCCCC1CC(=O)C=C2CCC3C4CCC(=O)C4(C)CCC3C21C. The first-order valence-corrected chi connectivity index (χ1v) is 11.7. The standard InChI is InChI=1S/C25H38O2/c1-4-5-6-7-8-17-15-19(26)16-18-9-10-20-21-11-12-23(27)24(21,2)14-13-22(20)25(17,18)3/h16-17,20-22H,4-15H2,1-3H3. The van der Waals surface area contributed by atoms with Gasteiger partial charge in [-0.05, 0) is 73.7 Å². The van der Waals surface area contributed by atoms with Crippen molar-refractivity contribution in [2.75, 3.05) is 0 Å². The summed E-state index contributed by atoms with van der Waals surface area (Å²) >= 11 is 0. The molecule has 2 nitrogen and oxygen atoms in total. The van der Waals surface area contributed by atoms with Crippen LogP contribution in [0.2, 0.25) is 0 Å². The minimum Gasteiger partial charge on any atom is -0.299 e. The summed E-state index contributed by atoms with van der Waals surface area (Å²) < 4.78 is 0. The first-order valence-electron chi connectivity index (χ1n) is 11.7. The highest BCUT2D eigenvalue weighted by Crippen LogP contribution is 2.66. The van der Waals surface area contributed by atoms with Gasteiger partial charge in [-0.2, -0.15) is 0 Å². The van der Waals surface area contributed by atoms with Crippen LogP contribution in [0.4, 0.5) is 0 Å². The summed E-state index contributed by atoms with van der Waals surface area (Å²) in [6.45, 7) is 7.04. The molecule has 6 unspecified atom stereocenters. The summed E-state index contributed by atoms with van der Waals surface area (Å²) in [7, 11) is 0. The Labute approximate surface area is 165 Å². The predicted molar refractivity (Wildman–Crippen MR) is 109 cm³/mol. The summed E-state index contributed by atoms with van der Waals surface area (Å²) in [6, 6.07) is 0. The van der Waals surface area contributed by atoms with Crippen LogP contribution in [0.5, 0.6) is 0 Å². The van der Waals surface area contributed by atoms with Crippen LogP contribution in [0.3, 0.4) is 0 Å². The van der Waals surface area contributed by atoms with E-state index in [-0.39, 0.29) is 10.8 Å². The third-order valence-electron chi connectivity index (χ3n) is 9.39. The molecule has 0 radical (unpaired) electrons. The van der Waals surface area contributed by atoms with Crippen molar-refractivity contribution in [3.05, 3.63) is 11.6 Å². The van der Waals surface area contributed by atoms with Gasteiger partial charge < -0.3 is 0 Å². The minimum atomic E-state index is -0.0418. The first-order chi connectivity index (χ1) is 12.9. The van der Waals surface area contributed by atoms with Crippen molar-refractivity contribution in [1.29, 1.82) is 0 Å². The van der Waals surface area contributed by atoms with Crippen LogP contribution in [-0.2, 0) is 9.59 Å². The molecule has 0 amide bonds. The second kappa shape index (κ2) is 7.16. The summed E-state index contributed by atoms with van der Waals surface area (Å²) in [5.41, 5.74) is 1.63. The quantitative estimate of drug-likeness (QED) is 0.533. The van der Waals surface area contributed by atoms with Gasteiger partial charge in [0.2, 0.25) is 0 Å². The third kappa shape index (κ3) is 2.97. The fourth-order valence-corrected chi connectivity index (χ4v) is 7.76. The normalized spacial score (nSPS) is 43.7. The predicted octanol–water partition coefficient (Wildman–Crippen LogP) is 6.28. The lowest BCUT2D eigenvalue weighted by molar-refractivity contribution is -0.134. The highest BCUT2D eigenvalue weighted by Gasteiger charge is 2.60. The van der Waals surface area contributed by atoms with E-state index >= 15 is 0 Å². The monoisotopic (exact) mass is 370 g/mol. The molecule has 3 saturated carbocycles. The smallest absolute Gasteiger partial charge is 0.155 e. The lowest BCUT2D eigenvalue weighted by Gasteiger charge is -2.59. The Kier molecular flexibility index (Phi) is 5.14. The zero-order valence-electron chi connectivity index (χ0n) is 17.7. The van der Waals surface area contributed by atoms with Crippen molar-refractivity contribution in [2.24, 2.45) is 34.5 Å². The molecule has 0 spiro atoms. The molecule has 0 aromatic heterocycles. The molecule has 150 valence electrons. The van der Waals surface area contributed by atoms with Crippen molar-refractivity contribution in [3.63, 3.8) is 0 Å². The van der Waals surface area contributed by atoms with Gasteiger partial charge in [0.25, 0.3) is 0 Å². The van der Waals surface area contributed by atoms with Gasteiger partial charge >= 0.3 is 0 Å². The number of carbonyl (C=O) groups is 2. The first kappa shape index (κ1) is 19.4. The molecule has 0 aliphatic heterocycles. The molecule has 4 aliphatic rings. The average Bonchev–Trinajstić information content (AvgIpc) is 2.94. The van der Waals surface area contributed by atoms with Gasteiger partial charge in [0.05, 0.1) is 0 Å². The van der Waals surface area contributed by atoms with Crippen LogP contribution in [-0.4, -0.2) is 11.6 Å². The topological polar surface area (TPSA) is 34.1 Å². The highest BCUT2D eigenvalue weighted by atomic mass is 16.1. The third-order valence-corrected chi connectivity index (χ3v) is 9.39. The Hall–Kier alpha value is -0.920. The van der Waals surface area contributed by atoms with Crippen LogP contribution in [0.1, 0.15) is 97.8 Å². The van der Waals surface area contributed by atoms with Crippen LogP contribution >= 0.6 is 0 Å². The molecule has 0 saturated heterocycles. The molecule has 3 fully saturated rings. The lowest BCUT2D eigenvalue weighted by atomic mass is 9.45. The van der Waals surface area contributed by atoms with Crippen molar-refractivity contribution < 1.29 is 9.59 Å². The Morgan fingerprint density at radius 2 is 1.81 bits per heavy atom. The summed E-state index contributed by atoms with van der Waals surface area (Å²) in [5.74, 6) is 3.41. The van der Waals surface area contributed by atoms with Gasteiger partial charge in [0.15, 0.2) is 5.78 Å².